The van der Waals surface area contributed by atoms with Gasteiger partial charge in [-0.1, -0.05) is 0 Å². The molecule has 1 aromatic rings. The van der Waals surface area contributed by atoms with Crippen LogP contribution in [0.15, 0.2) is 18.2 Å². The lowest BCUT2D eigenvalue weighted by atomic mass is 9.96. The minimum Gasteiger partial charge on any atom is -0.493 e. The monoisotopic (exact) mass is 250 g/mol. The topological polar surface area (TPSA) is 72.8 Å². The van der Waals surface area contributed by atoms with E-state index in [4.69, 9.17) is 14.6 Å². The Bertz CT molecular complexity index is 480. The number of carboxylic acids is 1. The van der Waals surface area contributed by atoms with Crippen LogP contribution in [-0.4, -0.2) is 30.3 Å². The van der Waals surface area contributed by atoms with E-state index < -0.39 is 5.97 Å². The lowest BCUT2D eigenvalue weighted by molar-refractivity contribution is -0.143. The SMILES string of the molecule is CCOC(=O)CC1COc2ccc(C(=O)O)cc21. The van der Waals surface area contributed by atoms with Crippen molar-refractivity contribution >= 4 is 11.9 Å². The predicted octanol–water partition coefficient (Wildman–Crippen LogP) is 1.81. The van der Waals surface area contributed by atoms with E-state index in [-0.39, 0.29) is 23.9 Å². The fourth-order valence-electron chi connectivity index (χ4n) is 2.00. The molecule has 96 valence electrons. The van der Waals surface area contributed by atoms with E-state index in [1.54, 1.807) is 19.1 Å². The van der Waals surface area contributed by atoms with Crippen molar-refractivity contribution in [1.29, 1.82) is 0 Å². The Labute approximate surface area is 104 Å². The van der Waals surface area contributed by atoms with Crippen molar-refractivity contribution in [1.82, 2.24) is 0 Å². The molecule has 1 atom stereocenters. The molecule has 0 saturated carbocycles. The van der Waals surface area contributed by atoms with Crippen molar-refractivity contribution in [2.24, 2.45) is 0 Å². The van der Waals surface area contributed by atoms with Crippen molar-refractivity contribution in [2.45, 2.75) is 19.3 Å². The average molecular weight is 250 g/mol. The zero-order chi connectivity index (χ0) is 13.1. The second-order valence-electron chi connectivity index (χ2n) is 4.07. The first-order valence-corrected chi connectivity index (χ1v) is 5.77. The zero-order valence-electron chi connectivity index (χ0n) is 10.0. The Morgan fingerprint density at radius 1 is 1.50 bits per heavy atom. The highest BCUT2D eigenvalue weighted by Crippen LogP contribution is 2.36. The number of carbonyl (C=O) groups excluding carboxylic acids is 1. The molecule has 1 unspecified atom stereocenters. The van der Waals surface area contributed by atoms with Gasteiger partial charge in [-0.2, -0.15) is 0 Å². The van der Waals surface area contributed by atoms with E-state index in [9.17, 15) is 9.59 Å². The minimum atomic E-state index is -0.986. The Morgan fingerprint density at radius 2 is 2.28 bits per heavy atom. The number of hydrogen-bond acceptors (Lipinski definition) is 4. The Morgan fingerprint density at radius 3 is 2.94 bits per heavy atom. The van der Waals surface area contributed by atoms with Crippen LogP contribution in [0.3, 0.4) is 0 Å². The number of rotatable bonds is 4. The van der Waals surface area contributed by atoms with Gasteiger partial charge in [0, 0.05) is 11.5 Å². The van der Waals surface area contributed by atoms with Crippen LogP contribution in [0.2, 0.25) is 0 Å². The molecule has 0 saturated heterocycles. The molecule has 0 spiro atoms. The number of aromatic carboxylic acids is 1. The summed E-state index contributed by atoms with van der Waals surface area (Å²) in [4.78, 5) is 22.3. The van der Waals surface area contributed by atoms with E-state index in [1.165, 1.54) is 6.07 Å². The van der Waals surface area contributed by atoms with Crippen LogP contribution >= 0.6 is 0 Å². The average Bonchev–Trinajstić information content (AvgIpc) is 2.72. The van der Waals surface area contributed by atoms with E-state index in [0.29, 0.717) is 19.0 Å². The third-order valence-electron chi connectivity index (χ3n) is 2.85. The van der Waals surface area contributed by atoms with Crippen molar-refractivity contribution < 1.29 is 24.2 Å². The number of fused-ring (bicyclic) bond motifs is 1. The summed E-state index contributed by atoms with van der Waals surface area (Å²) in [5.41, 5.74) is 0.969. The van der Waals surface area contributed by atoms with Crippen molar-refractivity contribution in [3.8, 4) is 5.75 Å². The predicted molar refractivity (Wildman–Crippen MR) is 62.9 cm³/mol. The molecule has 1 N–H and O–H groups in total. The molecule has 1 aliphatic rings. The fourth-order valence-corrected chi connectivity index (χ4v) is 2.00. The number of esters is 1. The zero-order valence-corrected chi connectivity index (χ0v) is 10.0. The normalized spacial score (nSPS) is 16.8. The molecule has 5 nitrogen and oxygen atoms in total. The van der Waals surface area contributed by atoms with E-state index >= 15 is 0 Å². The Hall–Kier alpha value is -2.04. The van der Waals surface area contributed by atoms with Gasteiger partial charge in [0.05, 0.1) is 25.2 Å². The van der Waals surface area contributed by atoms with Crippen molar-refractivity contribution in [3.63, 3.8) is 0 Å². The highest BCUT2D eigenvalue weighted by molar-refractivity contribution is 5.88. The second-order valence-corrected chi connectivity index (χ2v) is 4.07. The van der Waals surface area contributed by atoms with Gasteiger partial charge in [-0.05, 0) is 25.1 Å². The summed E-state index contributed by atoms with van der Waals surface area (Å²) in [5, 5.41) is 8.94. The highest BCUT2D eigenvalue weighted by Gasteiger charge is 2.27. The molecular weight excluding hydrogens is 236 g/mol. The summed E-state index contributed by atoms with van der Waals surface area (Å²) in [6.07, 6.45) is 0.212. The maximum Gasteiger partial charge on any atom is 0.335 e. The molecule has 1 heterocycles. The van der Waals surface area contributed by atoms with Gasteiger partial charge in [0.25, 0.3) is 0 Å². The molecule has 0 aromatic heterocycles. The number of hydrogen-bond donors (Lipinski definition) is 1. The van der Waals surface area contributed by atoms with Crippen molar-refractivity contribution in [2.75, 3.05) is 13.2 Å². The van der Waals surface area contributed by atoms with Gasteiger partial charge < -0.3 is 14.6 Å². The third-order valence-corrected chi connectivity index (χ3v) is 2.85. The van der Waals surface area contributed by atoms with Gasteiger partial charge in [-0.25, -0.2) is 4.79 Å². The quantitative estimate of drug-likeness (QED) is 0.825. The maximum absolute atomic E-state index is 11.4. The molecule has 0 bridgehead atoms. The molecule has 0 fully saturated rings. The molecule has 5 heteroatoms. The van der Waals surface area contributed by atoms with Crippen LogP contribution in [0.25, 0.3) is 0 Å². The minimum absolute atomic E-state index is 0.127. The summed E-state index contributed by atoms with van der Waals surface area (Å²) in [5.74, 6) is -0.757. The molecule has 1 aromatic carbocycles. The molecule has 18 heavy (non-hydrogen) atoms. The van der Waals surface area contributed by atoms with Gasteiger partial charge in [-0.3, -0.25) is 4.79 Å². The molecule has 2 rings (SSSR count). The van der Waals surface area contributed by atoms with E-state index in [0.717, 1.165) is 5.56 Å². The van der Waals surface area contributed by atoms with Gasteiger partial charge in [-0.15, -0.1) is 0 Å². The number of carbonyl (C=O) groups is 2. The first-order valence-electron chi connectivity index (χ1n) is 5.77. The van der Waals surface area contributed by atoms with E-state index in [2.05, 4.69) is 0 Å². The van der Waals surface area contributed by atoms with Crippen LogP contribution in [0.5, 0.6) is 5.75 Å². The number of benzene rings is 1. The molecule has 0 aliphatic carbocycles. The van der Waals surface area contributed by atoms with Gasteiger partial charge in [0.1, 0.15) is 5.75 Å². The first kappa shape index (κ1) is 12.4. The lowest BCUT2D eigenvalue weighted by Crippen LogP contribution is -2.11. The van der Waals surface area contributed by atoms with Crippen LogP contribution < -0.4 is 4.74 Å². The highest BCUT2D eigenvalue weighted by atomic mass is 16.5. The van der Waals surface area contributed by atoms with Crippen LogP contribution in [0, 0.1) is 0 Å². The third kappa shape index (κ3) is 2.45. The summed E-state index contributed by atoms with van der Waals surface area (Å²) in [7, 11) is 0. The summed E-state index contributed by atoms with van der Waals surface area (Å²) in [6, 6.07) is 4.69. The molecule has 0 amide bonds. The number of carboxylic acid groups (broad SMARTS) is 1. The van der Waals surface area contributed by atoms with Gasteiger partial charge in [0.2, 0.25) is 0 Å². The smallest absolute Gasteiger partial charge is 0.335 e. The fraction of sp³-hybridized carbons (Fsp3) is 0.385. The van der Waals surface area contributed by atoms with Crippen LogP contribution in [0.4, 0.5) is 0 Å². The largest absolute Gasteiger partial charge is 0.493 e. The molecule has 0 radical (unpaired) electrons. The second kappa shape index (κ2) is 5.08. The van der Waals surface area contributed by atoms with Gasteiger partial charge in [0.15, 0.2) is 0 Å². The summed E-state index contributed by atoms with van der Waals surface area (Å²) in [6.45, 7) is 2.48. The summed E-state index contributed by atoms with van der Waals surface area (Å²) >= 11 is 0. The standard InChI is InChI=1S/C13H14O5/c1-2-17-12(14)6-9-7-18-11-4-3-8(13(15)16)5-10(9)11/h3-5,9H,2,6-7H2,1H3,(H,15,16). The van der Waals surface area contributed by atoms with E-state index in [1.807, 2.05) is 0 Å². The van der Waals surface area contributed by atoms with Crippen LogP contribution in [0.1, 0.15) is 35.2 Å². The first-order chi connectivity index (χ1) is 8.61. The Balaban J connectivity index is 2.18. The molecular formula is C13H14O5. The molecule has 1 aliphatic heterocycles. The number of ether oxygens (including phenoxy) is 2. The maximum atomic E-state index is 11.4. The lowest BCUT2D eigenvalue weighted by Gasteiger charge is -2.08. The van der Waals surface area contributed by atoms with Gasteiger partial charge >= 0.3 is 11.9 Å². The van der Waals surface area contributed by atoms with Crippen LogP contribution in [-0.2, 0) is 9.53 Å². The van der Waals surface area contributed by atoms with Crippen molar-refractivity contribution in [3.05, 3.63) is 29.3 Å². The Kier molecular flexibility index (Phi) is 3.50. The summed E-state index contributed by atoms with van der Waals surface area (Å²) < 4.78 is 10.3.